The van der Waals surface area contributed by atoms with E-state index in [0.717, 1.165) is 47.5 Å². The third-order valence-electron chi connectivity index (χ3n) is 18.6. The van der Waals surface area contributed by atoms with Gasteiger partial charge in [0, 0.05) is 87.3 Å². The molecule has 2 aliphatic rings. The summed E-state index contributed by atoms with van der Waals surface area (Å²) in [5, 5.41) is 65.5. The van der Waals surface area contributed by atoms with Crippen LogP contribution in [-0.4, -0.2) is 241 Å². The third kappa shape index (κ3) is 37.5. The number of nitrogens with one attached hydrogen (secondary N) is 13. The molecule has 10 atom stereocenters. The van der Waals surface area contributed by atoms with Crippen molar-refractivity contribution in [2.75, 3.05) is 78.1 Å². The number of benzene rings is 3. The summed E-state index contributed by atoms with van der Waals surface area (Å²) < 4.78 is 16.7. The van der Waals surface area contributed by atoms with Crippen LogP contribution in [0.25, 0.3) is 10.8 Å². The van der Waals surface area contributed by atoms with Crippen molar-refractivity contribution in [1.82, 2.24) is 69.1 Å². The number of hydrogen-bond donors (Lipinski definition) is 17. The van der Waals surface area contributed by atoms with Gasteiger partial charge >= 0.3 is 18.0 Å². The molecule has 1 unspecified atom stereocenters. The molecule has 0 aliphatic carbocycles. The van der Waals surface area contributed by atoms with Gasteiger partial charge in [0.1, 0.15) is 47.3 Å². The minimum absolute atomic E-state index is 0.00835. The average molecular weight is 1650 g/mol. The van der Waals surface area contributed by atoms with Crippen LogP contribution in [0.4, 0.5) is 4.79 Å². The normalized spacial score (nSPS) is 16.0. The van der Waals surface area contributed by atoms with Crippen molar-refractivity contribution in [3.8, 4) is 5.75 Å². The number of nitrogens with two attached hydrogens (primary N) is 1. The van der Waals surface area contributed by atoms with Crippen molar-refractivity contribution in [2.45, 2.75) is 208 Å². The van der Waals surface area contributed by atoms with Gasteiger partial charge in [0.15, 0.2) is 0 Å². The Morgan fingerprint density at radius 1 is 0.522 bits per heavy atom. The molecule has 0 aromatic heterocycles. The van der Waals surface area contributed by atoms with Gasteiger partial charge in [-0.3, -0.25) is 67.1 Å². The van der Waals surface area contributed by atoms with E-state index in [1.165, 1.54) is 24.3 Å². The Hall–Kier alpha value is -9.85. The van der Waals surface area contributed by atoms with Crippen molar-refractivity contribution >= 4 is 123 Å². The number of rotatable bonds is 57. The SMILES string of the molecule is CC(C)C[C@H](NC(=O)[C@@H](NC(=O)CNC(=O)CCC(=O)NCCCOCCOCCOCCCNC(=O)CCCC[C@@H]1SC[C@@H]2NC(=O)N[C@@H]21)C(C)C)C(=O)N[C@@H](CCCCNC(=O)CC(Sc1ccc2ccccc2c1)C(=O)O)C(=O)N[C@@H](CCC(=O)O)C(=O)N[C@@H](Cc1ccc(O)cc1)C(=O)NCC(=O)N[C@H](C(N)=O)C(C)C. The fourth-order valence-electron chi connectivity index (χ4n) is 12.3. The number of phenolic OH excluding ortho intramolecular Hbond substituents is 1. The first kappa shape index (κ1) is 95.7. The number of aliphatic carboxylic acids is 2. The van der Waals surface area contributed by atoms with Gasteiger partial charge in [-0.1, -0.05) is 90.4 Å². The maximum atomic E-state index is 14.7. The van der Waals surface area contributed by atoms with Crippen molar-refractivity contribution < 1.29 is 101 Å². The lowest BCUT2D eigenvalue weighted by atomic mass is 9.99. The molecule has 14 amide bonds. The second kappa shape index (κ2) is 51.9. The molecular weight excluding hydrogens is 1530 g/mol. The second-order valence-corrected chi connectivity index (χ2v) is 31.8. The number of unbranched alkanes of at least 4 members (excludes halogenated alkanes) is 2. The maximum absolute atomic E-state index is 14.7. The van der Waals surface area contributed by atoms with Crippen LogP contribution in [-0.2, 0) is 87.8 Å². The van der Waals surface area contributed by atoms with E-state index in [0.29, 0.717) is 81.2 Å². The number of hydrogen-bond acceptors (Lipinski definition) is 21. The van der Waals surface area contributed by atoms with Crippen molar-refractivity contribution in [2.24, 2.45) is 23.5 Å². The summed E-state index contributed by atoms with van der Waals surface area (Å²) in [6.45, 7) is 11.7. The van der Waals surface area contributed by atoms with Crippen molar-refractivity contribution in [3.05, 3.63) is 72.3 Å². The number of carbonyl (C=O) groups is 15. The summed E-state index contributed by atoms with van der Waals surface area (Å²) in [6.07, 6.45) is 1.82. The Labute approximate surface area is 678 Å². The van der Waals surface area contributed by atoms with E-state index in [-0.39, 0.29) is 93.7 Å². The Balaban J connectivity index is 1.11. The van der Waals surface area contributed by atoms with Crippen LogP contribution in [0.15, 0.2) is 71.6 Å². The summed E-state index contributed by atoms with van der Waals surface area (Å²) in [5.41, 5.74) is 5.85. The van der Waals surface area contributed by atoms with Crippen molar-refractivity contribution in [1.29, 1.82) is 0 Å². The Kier molecular flexibility index (Phi) is 43.2. The van der Waals surface area contributed by atoms with Gasteiger partial charge < -0.3 is 104 Å². The summed E-state index contributed by atoms with van der Waals surface area (Å²) in [4.78, 5) is 198. The number of amides is 14. The molecule has 2 aliphatic heterocycles. The summed E-state index contributed by atoms with van der Waals surface area (Å²) in [6, 6.07) is 10.1. The van der Waals surface area contributed by atoms with Crippen LogP contribution in [0.5, 0.6) is 5.75 Å². The van der Waals surface area contributed by atoms with E-state index in [4.69, 9.17) is 19.9 Å². The van der Waals surface area contributed by atoms with E-state index < -0.39 is 163 Å². The highest BCUT2D eigenvalue weighted by Gasteiger charge is 2.43. The molecule has 636 valence electrons. The van der Waals surface area contributed by atoms with Crippen LogP contribution in [0.1, 0.15) is 143 Å². The number of carbonyl (C=O) groups excluding carboxylic acids is 13. The molecule has 0 spiro atoms. The molecule has 5 rings (SSSR count). The van der Waals surface area contributed by atoms with E-state index in [1.54, 1.807) is 47.6 Å². The zero-order chi connectivity index (χ0) is 84.4. The topological polar surface area (TPSA) is 527 Å². The molecular formula is C78H116N14O21S2. The van der Waals surface area contributed by atoms with Gasteiger partial charge in [0.25, 0.3) is 0 Å². The largest absolute Gasteiger partial charge is 0.508 e. The first-order valence-electron chi connectivity index (χ1n) is 39.1. The maximum Gasteiger partial charge on any atom is 0.317 e. The summed E-state index contributed by atoms with van der Waals surface area (Å²) in [5.74, 6) is -12.0. The van der Waals surface area contributed by atoms with Gasteiger partial charge in [0.2, 0.25) is 70.9 Å². The Morgan fingerprint density at radius 2 is 1.06 bits per heavy atom. The number of fused-ring (bicyclic) bond motifs is 2. The number of ether oxygens (including phenoxy) is 3. The number of carboxylic acids is 2. The van der Waals surface area contributed by atoms with Crippen LogP contribution in [0.3, 0.4) is 0 Å². The zero-order valence-electron chi connectivity index (χ0n) is 66.2. The van der Waals surface area contributed by atoms with Crippen molar-refractivity contribution in [3.63, 3.8) is 0 Å². The molecule has 3 aromatic carbocycles. The smallest absolute Gasteiger partial charge is 0.317 e. The highest BCUT2D eigenvalue weighted by Crippen LogP contribution is 2.33. The highest BCUT2D eigenvalue weighted by molar-refractivity contribution is 8.00. The molecule has 37 heteroatoms. The fourth-order valence-corrected chi connectivity index (χ4v) is 14.9. The predicted molar refractivity (Wildman–Crippen MR) is 428 cm³/mol. The minimum atomic E-state index is -1.73. The lowest BCUT2D eigenvalue weighted by molar-refractivity contribution is -0.139. The zero-order valence-corrected chi connectivity index (χ0v) is 67.9. The minimum Gasteiger partial charge on any atom is -0.508 e. The first-order valence-corrected chi connectivity index (χ1v) is 41.0. The van der Waals surface area contributed by atoms with E-state index in [2.05, 4.69) is 69.1 Å². The van der Waals surface area contributed by atoms with Gasteiger partial charge in [-0.25, -0.2) is 4.79 Å². The van der Waals surface area contributed by atoms with Crippen LogP contribution < -0.4 is 74.9 Å². The number of phenols is 1. The van der Waals surface area contributed by atoms with Crippen LogP contribution in [0.2, 0.25) is 0 Å². The van der Waals surface area contributed by atoms with Gasteiger partial charge in [-0.05, 0) is 116 Å². The average Bonchev–Trinajstić information content (AvgIpc) is 1.64. The van der Waals surface area contributed by atoms with E-state index >= 15 is 0 Å². The quantitative estimate of drug-likeness (QED) is 0.0216. The molecule has 0 saturated carbocycles. The van der Waals surface area contributed by atoms with Crippen LogP contribution in [0, 0.1) is 17.8 Å². The Bertz CT molecular complexity index is 3730. The Morgan fingerprint density at radius 3 is 1.66 bits per heavy atom. The van der Waals surface area contributed by atoms with E-state index in [1.807, 2.05) is 48.2 Å². The number of carboxylic acid groups (broad SMARTS) is 2. The number of primary amides is 1. The number of aromatic hydroxyl groups is 1. The molecule has 0 bridgehead atoms. The van der Waals surface area contributed by atoms with Gasteiger partial charge in [-0.15, -0.1) is 11.8 Å². The highest BCUT2D eigenvalue weighted by atomic mass is 32.2. The molecule has 2 saturated heterocycles. The molecule has 2 heterocycles. The number of thioether (sulfide) groups is 2. The molecule has 115 heavy (non-hydrogen) atoms. The second-order valence-electron chi connectivity index (χ2n) is 29.3. The van der Waals surface area contributed by atoms with Gasteiger partial charge in [0.05, 0.1) is 51.6 Å². The standard InChI is InChI=1S/C78H116N14O21S2/c1-46(2)39-56(88-76(107)69(48(5)6)91-65(98)43-83-63(96)28-27-62(95)81-32-14-34-112-36-38-113-37-35-111-33-13-31-80-61(94)19-10-9-18-59-70-58(45-114-59)89-78(110)92-70)75(106)85-54(17-11-12-30-82-64(97)42-60(77(108)109)115-53-25-22-50-15-7-8-16-51(50)41-53)73(104)86-55(26-29-67(100)101)74(105)87-57(40-49-20-23-52(93)24-21-49)72(103)84-44-66(99)90-68(47(3)4)71(79)102/h7-8,15-16,20-25,41,46-48,54-60,68-70,93H,9-14,17-19,26-40,42-45H2,1-6H3,(H2,79,102)(H,80,94)(H,81,95)(H,82,97)(H,83,96)(H,84,103)(H,85,106)(H,86,104)(H,87,105)(H,88,107)(H,90,99)(H,91,98)(H,100,101)(H,108,109)(H2,89,92,110)/t54-,55-,56-,57-,58-,59-,60?,68-,69-,70-/m0/s1. The fraction of sp³-hybridized carbons (Fsp3) is 0.603. The third-order valence-corrected chi connectivity index (χ3v) is 21.2. The summed E-state index contributed by atoms with van der Waals surface area (Å²) in [7, 11) is 0. The van der Waals surface area contributed by atoms with Crippen LogP contribution >= 0.6 is 23.5 Å². The first-order chi connectivity index (χ1) is 54.8. The molecule has 0 radical (unpaired) electrons. The predicted octanol–water partition coefficient (Wildman–Crippen LogP) is 1.43. The lowest BCUT2D eigenvalue weighted by Crippen LogP contribution is -2.60. The summed E-state index contributed by atoms with van der Waals surface area (Å²) >= 11 is 2.87. The monoisotopic (exact) mass is 1650 g/mol. The molecule has 35 nitrogen and oxygen atoms in total. The van der Waals surface area contributed by atoms with Gasteiger partial charge in [-0.2, -0.15) is 11.8 Å². The molecule has 3 aromatic rings. The lowest BCUT2D eigenvalue weighted by Gasteiger charge is -2.28. The van der Waals surface area contributed by atoms with E-state index in [9.17, 15) is 87.2 Å². The molecule has 2 fully saturated rings. The molecule has 18 N–H and O–H groups in total. The number of urea groups is 1.